The summed E-state index contributed by atoms with van der Waals surface area (Å²) in [6.45, 7) is 3.17. The van der Waals surface area contributed by atoms with Crippen molar-refractivity contribution in [3.05, 3.63) is 35.9 Å². The summed E-state index contributed by atoms with van der Waals surface area (Å²) in [6, 6.07) is 8.62. The Hall–Kier alpha value is -2.08. The molecule has 120 valence electrons. The summed E-state index contributed by atoms with van der Waals surface area (Å²) in [7, 11) is 0. The van der Waals surface area contributed by atoms with E-state index in [2.05, 4.69) is 5.32 Å². The first-order valence-electron chi connectivity index (χ1n) is 7.42. The van der Waals surface area contributed by atoms with E-state index in [1.807, 2.05) is 30.3 Å². The van der Waals surface area contributed by atoms with Crippen molar-refractivity contribution < 1.29 is 23.8 Å². The van der Waals surface area contributed by atoms with Crippen LogP contribution in [0, 0.1) is 5.92 Å². The van der Waals surface area contributed by atoms with Crippen LogP contribution >= 0.6 is 0 Å². The third kappa shape index (κ3) is 4.73. The van der Waals surface area contributed by atoms with Gasteiger partial charge in [0, 0.05) is 12.5 Å². The van der Waals surface area contributed by atoms with Gasteiger partial charge in [-0.2, -0.15) is 0 Å². The normalized spacial score (nSPS) is 18.5. The lowest BCUT2D eigenvalue weighted by Gasteiger charge is -2.21. The molecular weight excluding hydrogens is 286 g/mol. The molecule has 0 saturated carbocycles. The molecule has 1 aliphatic heterocycles. The summed E-state index contributed by atoms with van der Waals surface area (Å²) < 4.78 is 15.4. The number of hydrogen-bond acceptors (Lipinski definition) is 5. The van der Waals surface area contributed by atoms with Gasteiger partial charge in [0.25, 0.3) is 0 Å². The number of carbonyl (C=O) groups excluding carboxylic acids is 2. The van der Waals surface area contributed by atoms with Crippen LogP contribution in [0.3, 0.4) is 0 Å². The first-order chi connectivity index (χ1) is 10.7. The molecule has 2 rings (SSSR count). The fraction of sp³-hybridized carbons (Fsp3) is 0.500. The second-order valence-electron chi connectivity index (χ2n) is 5.06. The Morgan fingerprint density at radius 3 is 2.73 bits per heavy atom. The summed E-state index contributed by atoms with van der Waals surface area (Å²) in [5.41, 5.74) is 0.884. The highest BCUT2D eigenvalue weighted by atomic mass is 16.6. The monoisotopic (exact) mass is 307 g/mol. The number of benzene rings is 1. The van der Waals surface area contributed by atoms with Crippen molar-refractivity contribution in [1.29, 1.82) is 0 Å². The lowest BCUT2D eigenvalue weighted by Crippen LogP contribution is -2.47. The van der Waals surface area contributed by atoms with E-state index in [-0.39, 0.29) is 19.1 Å². The maximum absolute atomic E-state index is 12.0. The molecule has 1 unspecified atom stereocenters. The smallest absolute Gasteiger partial charge is 0.408 e. The van der Waals surface area contributed by atoms with Gasteiger partial charge in [-0.05, 0) is 18.9 Å². The Labute approximate surface area is 129 Å². The third-order valence-electron chi connectivity index (χ3n) is 3.46. The van der Waals surface area contributed by atoms with Gasteiger partial charge < -0.3 is 19.5 Å². The van der Waals surface area contributed by atoms with E-state index < -0.39 is 18.1 Å². The highest BCUT2D eigenvalue weighted by Gasteiger charge is 2.34. The van der Waals surface area contributed by atoms with Gasteiger partial charge in [-0.15, -0.1) is 0 Å². The van der Waals surface area contributed by atoms with Gasteiger partial charge in [-0.1, -0.05) is 30.3 Å². The van der Waals surface area contributed by atoms with E-state index in [9.17, 15) is 9.59 Å². The van der Waals surface area contributed by atoms with E-state index in [4.69, 9.17) is 14.2 Å². The quantitative estimate of drug-likeness (QED) is 0.812. The van der Waals surface area contributed by atoms with Crippen molar-refractivity contribution in [3.63, 3.8) is 0 Å². The minimum absolute atomic E-state index is 0.0803. The maximum Gasteiger partial charge on any atom is 0.408 e. The lowest BCUT2D eigenvalue weighted by atomic mass is 9.99. The molecule has 1 N–H and O–H groups in total. The predicted octanol–water partition coefficient (Wildman–Crippen LogP) is 1.88. The first kappa shape index (κ1) is 16.3. The minimum Gasteiger partial charge on any atom is -0.464 e. The SMILES string of the molecule is CCOC(=O)[C@@H](NC(=O)OCc1ccccc1)C1CCOC1. The van der Waals surface area contributed by atoms with Crippen molar-refractivity contribution >= 4 is 12.1 Å². The molecule has 1 aromatic carbocycles. The zero-order chi connectivity index (χ0) is 15.8. The zero-order valence-electron chi connectivity index (χ0n) is 12.6. The van der Waals surface area contributed by atoms with Crippen molar-refractivity contribution in [3.8, 4) is 0 Å². The molecule has 1 fully saturated rings. The predicted molar refractivity (Wildman–Crippen MR) is 79.1 cm³/mol. The molecule has 6 heteroatoms. The first-order valence-corrected chi connectivity index (χ1v) is 7.42. The third-order valence-corrected chi connectivity index (χ3v) is 3.46. The van der Waals surface area contributed by atoms with Crippen molar-refractivity contribution in [1.82, 2.24) is 5.32 Å². The molecule has 1 aromatic rings. The number of alkyl carbamates (subject to hydrolysis) is 1. The van der Waals surface area contributed by atoms with Gasteiger partial charge in [0.05, 0.1) is 13.2 Å². The Morgan fingerprint density at radius 1 is 1.32 bits per heavy atom. The van der Waals surface area contributed by atoms with Crippen LogP contribution in [-0.2, 0) is 25.6 Å². The Bertz CT molecular complexity index is 485. The zero-order valence-corrected chi connectivity index (χ0v) is 12.6. The number of hydrogen-bond donors (Lipinski definition) is 1. The molecule has 1 heterocycles. The van der Waals surface area contributed by atoms with Crippen molar-refractivity contribution in [2.75, 3.05) is 19.8 Å². The molecule has 0 aliphatic carbocycles. The number of amides is 1. The molecule has 6 nitrogen and oxygen atoms in total. The van der Waals surface area contributed by atoms with Crippen LogP contribution in [0.5, 0.6) is 0 Å². The summed E-state index contributed by atoms with van der Waals surface area (Å²) in [6.07, 6.45) is 0.0800. The number of nitrogens with one attached hydrogen (secondary N) is 1. The summed E-state index contributed by atoms with van der Waals surface area (Å²) >= 11 is 0. The van der Waals surface area contributed by atoms with Crippen LogP contribution in [0.4, 0.5) is 4.79 Å². The minimum atomic E-state index is -0.731. The number of esters is 1. The second kappa shape index (κ2) is 8.38. The van der Waals surface area contributed by atoms with Gasteiger partial charge in [0.15, 0.2) is 0 Å². The van der Waals surface area contributed by atoms with Crippen LogP contribution in [-0.4, -0.2) is 37.9 Å². The molecule has 0 spiro atoms. The second-order valence-corrected chi connectivity index (χ2v) is 5.06. The molecule has 0 radical (unpaired) electrons. The van der Waals surface area contributed by atoms with E-state index in [1.165, 1.54) is 0 Å². The molecule has 1 saturated heterocycles. The topological polar surface area (TPSA) is 73.9 Å². The van der Waals surface area contributed by atoms with Gasteiger partial charge >= 0.3 is 12.1 Å². The highest BCUT2D eigenvalue weighted by Crippen LogP contribution is 2.18. The Morgan fingerprint density at radius 2 is 2.09 bits per heavy atom. The maximum atomic E-state index is 12.0. The van der Waals surface area contributed by atoms with E-state index >= 15 is 0 Å². The molecule has 1 amide bonds. The molecule has 0 aromatic heterocycles. The average Bonchev–Trinajstić information content (AvgIpc) is 3.06. The van der Waals surface area contributed by atoms with Crippen LogP contribution < -0.4 is 5.32 Å². The Balaban J connectivity index is 1.88. The average molecular weight is 307 g/mol. The Kier molecular flexibility index (Phi) is 6.21. The molecular formula is C16H21NO5. The van der Waals surface area contributed by atoms with Crippen molar-refractivity contribution in [2.45, 2.75) is 26.0 Å². The molecule has 22 heavy (non-hydrogen) atoms. The van der Waals surface area contributed by atoms with Gasteiger partial charge in [-0.3, -0.25) is 0 Å². The fourth-order valence-electron chi connectivity index (χ4n) is 2.31. The van der Waals surface area contributed by atoms with E-state index in [0.717, 1.165) is 5.56 Å². The van der Waals surface area contributed by atoms with Crippen LogP contribution in [0.1, 0.15) is 18.9 Å². The molecule has 1 aliphatic rings. The van der Waals surface area contributed by atoms with E-state index in [1.54, 1.807) is 6.92 Å². The van der Waals surface area contributed by atoms with Crippen molar-refractivity contribution in [2.24, 2.45) is 5.92 Å². The number of carbonyl (C=O) groups is 2. The largest absolute Gasteiger partial charge is 0.464 e. The van der Waals surface area contributed by atoms with Gasteiger partial charge in [0.2, 0.25) is 0 Å². The summed E-state index contributed by atoms with van der Waals surface area (Å²) in [5, 5.41) is 2.60. The summed E-state index contributed by atoms with van der Waals surface area (Å²) in [5.74, 6) is -0.530. The summed E-state index contributed by atoms with van der Waals surface area (Å²) in [4.78, 5) is 23.9. The van der Waals surface area contributed by atoms with Crippen LogP contribution in [0.25, 0.3) is 0 Å². The van der Waals surface area contributed by atoms with Gasteiger partial charge in [-0.25, -0.2) is 9.59 Å². The molecule has 2 atom stereocenters. The number of rotatable bonds is 6. The van der Waals surface area contributed by atoms with Crippen LogP contribution in [0.2, 0.25) is 0 Å². The number of ether oxygens (including phenoxy) is 3. The highest BCUT2D eigenvalue weighted by molar-refractivity contribution is 5.81. The fourth-order valence-corrected chi connectivity index (χ4v) is 2.31. The van der Waals surface area contributed by atoms with E-state index in [0.29, 0.717) is 19.6 Å². The van der Waals surface area contributed by atoms with Gasteiger partial charge in [0.1, 0.15) is 12.6 Å². The van der Waals surface area contributed by atoms with Crippen LogP contribution in [0.15, 0.2) is 30.3 Å². The lowest BCUT2D eigenvalue weighted by molar-refractivity contribution is -0.147. The standard InChI is InChI=1S/C16H21NO5/c1-2-21-15(18)14(13-8-9-20-11-13)17-16(19)22-10-12-6-4-3-5-7-12/h3-7,13-14H,2,8-11H2,1H3,(H,17,19)/t13?,14-/m0/s1. The molecule has 0 bridgehead atoms.